The van der Waals surface area contributed by atoms with Crippen molar-refractivity contribution < 1.29 is 29.0 Å². The SMILES string of the molecule is COc1cccc(C2CN(CC(=O)N3CCC(C(=O)O)CC3)C(=O)C(CC(C)(C)C)c3ccc(Cl)cc32)c1OC. The van der Waals surface area contributed by atoms with Crippen LogP contribution in [0.5, 0.6) is 11.5 Å². The van der Waals surface area contributed by atoms with E-state index in [-0.39, 0.29) is 36.2 Å². The second kappa shape index (κ2) is 12.1. The van der Waals surface area contributed by atoms with Crippen molar-refractivity contribution in [2.45, 2.75) is 51.9 Å². The summed E-state index contributed by atoms with van der Waals surface area (Å²) in [6, 6.07) is 11.4. The van der Waals surface area contributed by atoms with Gasteiger partial charge in [-0.25, -0.2) is 0 Å². The molecular formula is C31H39ClN2O6. The van der Waals surface area contributed by atoms with Gasteiger partial charge in [0.15, 0.2) is 11.5 Å². The van der Waals surface area contributed by atoms with Crippen LogP contribution in [0.2, 0.25) is 5.02 Å². The van der Waals surface area contributed by atoms with Gasteiger partial charge in [-0.15, -0.1) is 0 Å². The molecule has 1 N–H and O–H groups in total. The third-order valence-electron chi connectivity index (χ3n) is 7.96. The van der Waals surface area contributed by atoms with E-state index in [4.69, 9.17) is 21.1 Å². The molecule has 0 spiro atoms. The summed E-state index contributed by atoms with van der Waals surface area (Å²) < 4.78 is 11.4. The van der Waals surface area contributed by atoms with Crippen molar-refractivity contribution in [2.75, 3.05) is 40.4 Å². The highest BCUT2D eigenvalue weighted by Crippen LogP contribution is 2.45. The molecule has 2 heterocycles. The fourth-order valence-corrected chi connectivity index (χ4v) is 6.15. The van der Waals surface area contributed by atoms with Gasteiger partial charge in [-0.3, -0.25) is 14.4 Å². The van der Waals surface area contributed by atoms with Gasteiger partial charge in [-0.2, -0.15) is 0 Å². The second-order valence-electron chi connectivity index (χ2n) is 11.9. The van der Waals surface area contributed by atoms with E-state index in [0.717, 1.165) is 16.7 Å². The van der Waals surface area contributed by atoms with Gasteiger partial charge in [0.2, 0.25) is 11.8 Å². The maximum atomic E-state index is 14.3. The minimum Gasteiger partial charge on any atom is -0.493 e. The van der Waals surface area contributed by atoms with E-state index in [9.17, 15) is 19.5 Å². The molecule has 40 heavy (non-hydrogen) atoms. The summed E-state index contributed by atoms with van der Waals surface area (Å²) in [4.78, 5) is 42.5. The number of hydrogen-bond donors (Lipinski definition) is 1. The fraction of sp³-hybridized carbons (Fsp3) is 0.516. The van der Waals surface area contributed by atoms with Gasteiger partial charge in [0, 0.05) is 36.1 Å². The average molecular weight is 571 g/mol. The zero-order valence-corrected chi connectivity index (χ0v) is 24.7. The Bertz CT molecular complexity index is 1260. The molecule has 2 aromatic rings. The highest BCUT2D eigenvalue weighted by atomic mass is 35.5. The van der Waals surface area contributed by atoms with Crippen molar-refractivity contribution in [1.82, 2.24) is 9.80 Å². The minimum absolute atomic E-state index is 0.0816. The van der Waals surface area contributed by atoms with Crippen LogP contribution < -0.4 is 9.47 Å². The van der Waals surface area contributed by atoms with E-state index < -0.39 is 17.8 Å². The first kappa shape index (κ1) is 29.7. The quantitative estimate of drug-likeness (QED) is 0.493. The number of para-hydroxylation sites is 1. The van der Waals surface area contributed by atoms with Crippen LogP contribution in [-0.4, -0.2) is 73.1 Å². The summed E-state index contributed by atoms with van der Waals surface area (Å²) in [6.45, 7) is 7.22. The van der Waals surface area contributed by atoms with Crippen LogP contribution in [0, 0.1) is 11.3 Å². The number of carboxylic acids is 1. The number of halogens is 1. The fourth-order valence-electron chi connectivity index (χ4n) is 5.97. The smallest absolute Gasteiger partial charge is 0.306 e. The zero-order chi connectivity index (χ0) is 29.2. The van der Waals surface area contributed by atoms with Crippen LogP contribution in [0.3, 0.4) is 0 Å². The molecule has 0 saturated carbocycles. The maximum Gasteiger partial charge on any atom is 0.306 e. The van der Waals surface area contributed by atoms with Gasteiger partial charge in [0.05, 0.1) is 32.6 Å². The highest BCUT2D eigenvalue weighted by molar-refractivity contribution is 6.30. The number of ether oxygens (including phenoxy) is 2. The lowest BCUT2D eigenvalue weighted by Gasteiger charge is -2.34. The Balaban J connectivity index is 1.77. The highest BCUT2D eigenvalue weighted by Gasteiger charge is 2.40. The predicted octanol–water partition coefficient (Wildman–Crippen LogP) is 5.17. The maximum absolute atomic E-state index is 14.3. The summed E-state index contributed by atoms with van der Waals surface area (Å²) in [6.07, 6.45) is 1.42. The first-order valence-electron chi connectivity index (χ1n) is 13.7. The number of likely N-dealkylation sites (tertiary alicyclic amines) is 1. The molecule has 0 aliphatic carbocycles. The normalized spacial score (nSPS) is 20.1. The summed E-state index contributed by atoms with van der Waals surface area (Å²) in [5.74, 6) is -1.17. The monoisotopic (exact) mass is 570 g/mol. The molecule has 4 rings (SSSR count). The van der Waals surface area contributed by atoms with Gasteiger partial charge < -0.3 is 24.4 Å². The lowest BCUT2D eigenvalue weighted by Crippen LogP contribution is -2.48. The topological polar surface area (TPSA) is 96.4 Å². The van der Waals surface area contributed by atoms with Crippen LogP contribution >= 0.6 is 11.6 Å². The van der Waals surface area contributed by atoms with Crippen LogP contribution in [0.4, 0.5) is 0 Å². The molecular weight excluding hydrogens is 532 g/mol. The lowest BCUT2D eigenvalue weighted by atomic mass is 9.78. The van der Waals surface area contributed by atoms with Gasteiger partial charge in [0.25, 0.3) is 0 Å². The number of piperidine rings is 1. The zero-order valence-electron chi connectivity index (χ0n) is 23.9. The number of aliphatic carboxylic acids is 1. The average Bonchev–Trinajstić information content (AvgIpc) is 3.02. The number of carbonyl (C=O) groups is 3. The molecule has 2 aliphatic heterocycles. The summed E-state index contributed by atoms with van der Waals surface area (Å²) in [7, 11) is 3.17. The molecule has 1 fully saturated rings. The molecule has 0 bridgehead atoms. The van der Waals surface area contributed by atoms with Gasteiger partial charge in [0.1, 0.15) is 0 Å². The third-order valence-corrected chi connectivity index (χ3v) is 8.20. The number of fused-ring (bicyclic) bond motifs is 1. The van der Waals surface area contributed by atoms with Crippen molar-refractivity contribution in [1.29, 1.82) is 0 Å². The van der Waals surface area contributed by atoms with Crippen LogP contribution in [0.25, 0.3) is 0 Å². The summed E-state index contributed by atoms with van der Waals surface area (Å²) in [5.41, 5.74) is 2.52. The van der Waals surface area contributed by atoms with Gasteiger partial charge >= 0.3 is 5.97 Å². The molecule has 2 aromatic carbocycles. The largest absolute Gasteiger partial charge is 0.493 e. The Morgan fingerprint density at radius 1 is 1.02 bits per heavy atom. The Morgan fingerprint density at radius 2 is 1.73 bits per heavy atom. The number of rotatable bonds is 7. The molecule has 0 radical (unpaired) electrons. The van der Waals surface area contributed by atoms with E-state index in [2.05, 4.69) is 20.8 Å². The minimum atomic E-state index is -0.827. The van der Waals surface area contributed by atoms with Crippen molar-refractivity contribution in [3.8, 4) is 11.5 Å². The van der Waals surface area contributed by atoms with Crippen LogP contribution in [-0.2, 0) is 14.4 Å². The number of amides is 2. The van der Waals surface area contributed by atoms with Crippen LogP contribution in [0.1, 0.15) is 68.6 Å². The summed E-state index contributed by atoms with van der Waals surface area (Å²) in [5, 5.41) is 9.92. The number of hydrogen-bond acceptors (Lipinski definition) is 5. The molecule has 216 valence electrons. The first-order valence-corrected chi connectivity index (χ1v) is 14.1. The molecule has 2 aliphatic rings. The molecule has 9 heteroatoms. The molecule has 2 atom stereocenters. The second-order valence-corrected chi connectivity index (χ2v) is 12.4. The van der Waals surface area contributed by atoms with Crippen molar-refractivity contribution in [3.05, 3.63) is 58.1 Å². The first-order chi connectivity index (χ1) is 18.9. The Morgan fingerprint density at radius 3 is 2.33 bits per heavy atom. The standard InChI is InChI=1S/C31H39ClN2O6/c1-31(2,3)16-24-21-10-9-20(32)15-23(21)25(22-7-6-8-26(39-4)28(22)40-5)17-34(29(24)36)18-27(35)33-13-11-19(12-14-33)30(37)38/h6-10,15,19,24-25H,11-14,16-18H2,1-5H3,(H,37,38). The number of carbonyl (C=O) groups excluding carboxylic acids is 2. The van der Waals surface area contributed by atoms with E-state index >= 15 is 0 Å². The molecule has 8 nitrogen and oxygen atoms in total. The van der Waals surface area contributed by atoms with Crippen molar-refractivity contribution in [3.63, 3.8) is 0 Å². The number of methoxy groups -OCH3 is 2. The van der Waals surface area contributed by atoms with Crippen molar-refractivity contribution >= 4 is 29.4 Å². The van der Waals surface area contributed by atoms with Gasteiger partial charge in [-0.05, 0) is 54.0 Å². The van der Waals surface area contributed by atoms with E-state index in [1.807, 2.05) is 36.4 Å². The number of nitrogens with zero attached hydrogens (tertiary/aromatic N) is 2. The van der Waals surface area contributed by atoms with E-state index in [0.29, 0.717) is 48.9 Å². The predicted molar refractivity (Wildman–Crippen MR) is 153 cm³/mol. The summed E-state index contributed by atoms with van der Waals surface area (Å²) >= 11 is 6.53. The number of carboxylic acid groups (broad SMARTS) is 1. The van der Waals surface area contributed by atoms with E-state index in [1.165, 1.54) is 0 Å². The third kappa shape index (κ3) is 6.38. The van der Waals surface area contributed by atoms with Gasteiger partial charge in [-0.1, -0.05) is 50.6 Å². The molecule has 2 unspecified atom stereocenters. The van der Waals surface area contributed by atoms with Crippen molar-refractivity contribution in [2.24, 2.45) is 11.3 Å². The molecule has 1 saturated heterocycles. The lowest BCUT2D eigenvalue weighted by molar-refractivity contribution is -0.147. The molecule has 2 amide bonds. The van der Waals surface area contributed by atoms with Crippen LogP contribution in [0.15, 0.2) is 36.4 Å². The Kier molecular flexibility index (Phi) is 8.98. The van der Waals surface area contributed by atoms with E-state index in [1.54, 1.807) is 24.0 Å². The molecule has 0 aromatic heterocycles. The Hall–Kier alpha value is -3.26. The Labute approximate surface area is 241 Å². The number of benzene rings is 2.